The number of ether oxygens (including phenoxy) is 3. The minimum Gasteiger partial charge on any atom is -0.472 e. The van der Waals surface area contributed by atoms with E-state index in [-0.39, 0.29) is 29.6 Å². The molecule has 2 N–H and O–H groups in total. The summed E-state index contributed by atoms with van der Waals surface area (Å²) in [4.78, 5) is 37.0. The topological polar surface area (TPSA) is 133 Å². The average molecular weight is 570 g/mol. The lowest BCUT2D eigenvalue weighted by Gasteiger charge is -2.55. The number of aromatic nitrogens is 4. The number of amides is 1. The molecule has 3 aliphatic rings. The Bertz CT molecular complexity index is 1270. The summed E-state index contributed by atoms with van der Waals surface area (Å²) in [6.45, 7) is 12.5. The number of anilines is 3. The van der Waals surface area contributed by atoms with Crippen LogP contribution in [-0.2, 0) is 14.3 Å². The number of rotatable bonds is 7. The SMILES string of the molecule is CCC(=O)N1C2CCCC1(C)CC(Nc1nc(Nc3cc(C)n(C(=O)OC(C)(C)C)n3)cc(O[C@@H]3CCOC3)n1)C2. The fraction of sp³-hybridized carbons (Fsp3) is 0.690. The molecule has 3 aliphatic heterocycles. The molecule has 5 heterocycles. The average Bonchev–Trinajstić information content (AvgIpc) is 3.51. The number of nitrogens with one attached hydrogen (secondary N) is 2. The van der Waals surface area contributed by atoms with Crippen LogP contribution in [0.5, 0.6) is 5.88 Å². The molecule has 2 aromatic rings. The van der Waals surface area contributed by atoms with Gasteiger partial charge in [-0.3, -0.25) is 4.79 Å². The molecule has 41 heavy (non-hydrogen) atoms. The lowest BCUT2D eigenvalue weighted by Crippen LogP contribution is -2.63. The second kappa shape index (κ2) is 11.5. The molecule has 12 nitrogen and oxygen atoms in total. The Labute approximate surface area is 241 Å². The fourth-order valence-electron chi connectivity index (χ4n) is 6.29. The number of carbonyl (C=O) groups excluding carboxylic acids is 2. The Hall–Kier alpha value is -3.41. The van der Waals surface area contributed by atoms with Gasteiger partial charge in [0.25, 0.3) is 0 Å². The Kier molecular flexibility index (Phi) is 8.13. The number of carbonyl (C=O) groups is 2. The van der Waals surface area contributed by atoms with Crippen molar-refractivity contribution in [1.82, 2.24) is 24.6 Å². The maximum absolute atomic E-state index is 12.8. The van der Waals surface area contributed by atoms with Crippen molar-refractivity contribution in [1.29, 1.82) is 0 Å². The lowest BCUT2D eigenvalue weighted by atomic mass is 9.73. The third kappa shape index (κ3) is 6.74. The molecule has 3 fully saturated rings. The largest absolute Gasteiger partial charge is 0.472 e. The summed E-state index contributed by atoms with van der Waals surface area (Å²) >= 11 is 0. The minimum absolute atomic E-state index is 0.0826. The highest BCUT2D eigenvalue weighted by Gasteiger charge is 2.48. The van der Waals surface area contributed by atoms with Gasteiger partial charge in [0, 0.05) is 48.3 Å². The zero-order valence-corrected chi connectivity index (χ0v) is 25.0. The van der Waals surface area contributed by atoms with Crippen LogP contribution >= 0.6 is 0 Å². The molecule has 0 aromatic carbocycles. The summed E-state index contributed by atoms with van der Waals surface area (Å²) in [5, 5.41) is 11.2. The van der Waals surface area contributed by atoms with E-state index in [1.54, 1.807) is 19.1 Å². The molecular weight excluding hydrogens is 526 g/mol. The second-order valence-corrected chi connectivity index (χ2v) is 12.6. The van der Waals surface area contributed by atoms with Crippen molar-refractivity contribution >= 4 is 29.6 Å². The standard InChI is InChI=1S/C29H43N7O5/c1-7-25(37)35-20-9-8-11-29(35,6)16-19(14-20)30-26-32-22(15-24(33-26)40-21-10-12-39-17-21)31-23-13-18(2)36(34-23)27(38)41-28(3,4)5/h13,15,19-21H,7-12,14,16-17H2,1-6H3,(H2,30,31,32,33,34)/t19?,20?,21-,29?/m1/s1. The van der Waals surface area contributed by atoms with Crippen LogP contribution in [-0.4, -0.2) is 79.2 Å². The molecule has 0 aliphatic carbocycles. The van der Waals surface area contributed by atoms with Crippen molar-refractivity contribution in [3.05, 3.63) is 17.8 Å². The lowest BCUT2D eigenvalue weighted by molar-refractivity contribution is -0.148. The van der Waals surface area contributed by atoms with E-state index in [9.17, 15) is 9.59 Å². The van der Waals surface area contributed by atoms with Crippen LogP contribution in [0.2, 0.25) is 0 Å². The maximum Gasteiger partial charge on any atom is 0.435 e. The summed E-state index contributed by atoms with van der Waals surface area (Å²) < 4.78 is 18.3. The molecule has 0 saturated carbocycles. The van der Waals surface area contributed by atoms with Gasteiger partial charge in [0.1, 0.15) is 17.5 Å². The van der Waals surface area contributed by atoms with Crippen LogP contribution in [0.3, 0.4) is 0 Å². The number of aryl methyl sites for hydroxylation is 1. The number of fused-ring (bicyclic) bond motifs is 2. The van der Waals surface area contributed by atoms with Gasteiger partial charge < -0.3 is 29.7 Å². The highest BCUT2D eigenvalue weighted by Crippen LogP contribution is 2.43. The molecule has 0 radical (unpaired) electrons. The van der Waals surface area contributed by atoms with E-state index in [0.29, 0.717) is 48.8 Å². The smallest absolute Gasteiger partial charge is 0.435 e. The van der Waals surface area contributed by atoms with Gasteiger partial charge in [-0.1, -0.05) is 6.92 Å². The molecule has 2 bridgehead atoms. The van der Waals surface area contributed by atoms with Crippen molar-refractivity contribution in [2.45, 2.75) is 116 Å². The van der Waals surface area contributed by atoms with E-state index < -0.39 is 11.7 Å². The van der Waals surface area contributed by atoms with E-state index in [2.05, 4.69) is 27.6 Å². The Morgan fingerprint density at radius 2 is 2.00 bits per heavy atom. The third-order valence-electron chi connectivity index (χ3n) is 7.93. The Morgan fingerprint density at radius 3 is 2.68 bits per heavy atom. The minimum atomic E-state index is -0.637. The van der Waals surface area contributed by atoms with Crippen LogP contribution < -0.4 is 15.4 Å². The first-order valence-corrected chi connectivity index (χ1v) is 14.7. The summed E-state index contributed by atoms with van der Waals surface area (Å²) in [6.07, 6.45) is 5.48. The second-order valence-electron chi connectivity index (χ2n) is 12.6. The molecule has 5 rings (SSSR count). The normalized spacial score (nSPS) is 26.0. The number of nitrogens with zero attached hydrogens (tertiary/aromatic N) is 5. The van der Waals surface area contributed by atoms with Gasteiger partial charge in [0.2, 0.25) is 17.7 Å². The molecule has 1 amide bonds. The molecule has 4 atom stereocenters. The van der Waals surface area contributed by atoms with Crippen LogP contribution in [0.25, 0.3) is 0 Å². The summed E-state index contributed by atoms with van der Waals surface area (Å²) in [6, 6.07) is 3.80. The van der Waals surface area contributed by atoms with Crippen LogP contribution in [0.15, 0.2) is 12.1 Å². The summed E-state index contributed by atoms with van der Waals surface area (Å²) in [5.41, 5.74) is -0.196. The highest BCUT2D eigenvalue weighted by molar-refractivity contribution is 5.77. The van der Waals surface area contributed by atoms with Crippen LogP contribution in [0.4, 0.5) is 22.4 Å². The predicted octanol–water partition coefficient (Wildman–Crippen LogP) is 4.80. The maximum atomic E-state index is 12.8. The first kappa shape index (κ1) is 29.1. The van der Waals surface area contributed by atoms with E-state index in [4.69, 9.17) is 24.2 Å². The van der Waals surface area contributed by atoms with Gasteiger partial charge in [-0.05, 0) is 66.7 Å². The molecule has 0 spiro atoms. The highest BCUT2D eigenvalue weighted by atomic mass is 16.6. The van der Waals surface area contributed by atoms with E-state index in [1.807, 2.05) is 27.7 Å². The van der Waals surface area contributed by atoms with Crippen LogP contribution in [0.1, 0.15) is 85.3 Å². The Morgan fingerprint density at radius 1 is 1.20 bits per heavy atom. The zero-order chi connectivity index (χ0) is 29.4. The van der Waals surface area contributed by atoms with Gasteiger partial charge >= 0.3 is 6.09 Å². The van der Waals surface area contributed by atoms with Crippen molar-refractivity contribution in [2.75, 3.05) is 23.8 Å². The van der Waals surface area contributed by atoms with Crippen molar-refractivity contribution < 1.29 is 23.8 Å². The van der Waals surface area contributed by atoms with Gasteiger partial charge in [-0.2, -0.15) is 14.6 Å². The fourth-order valence-corrected chi connectivity index (χ4v) is 6.29. The molecule has 3 saturated heterocycles. The van der Waals surface area contributed by atoms with E-state index in [1.165, 1.54) is 4.68 Å². The quantitative estimate of drug-likeness (QED) is 0.479. The first-order chi connectivity index (χ1) is 19.4. The Balaban J connectivity index is 1.37. The monoisotopic (exact) mass is 569 g/mol. The number of hydrogen-bond acceptors (Lipinski definition) is 10. The number of piperidine rings is 2. The zero-order valence-electron chi connectivity index (χ0n) is 25.0. The van der Waals surface area contributed by atoms with Gasteiger partial charge in [-0.15, -0.1) is 5.10 Å². The van der Waals surface area contributed by atoms with Crippen molar-refractivity contribution in [3.8, 4) is 5.88 Å². The van der Waals surface area contributed by atoms with E-state index >= 15 is 0 Å². The first-order valence-electron chi connectivity index (χ1n) is 14.7. The number of hydrogen-bond donors (Lipinski definition) is 2. The summed E-state index contributed by atoms with van der Waals surface area (Å²) in [7, 11) is 0. The molecule has 3 unspecified atom stereocenters. The predicted molar refractivity (Wildman–Crippen MR) is 154 cm³/mol. The van der Waals surface area contributed by atoms with Gasteiger partial charge in [0.05, 0.1) is 13.2 Å². The molecule has 224 valence electrons. The molecule has 12 heteroatoms. The molecule has 2 aromatic heterocycles. The van der Waals surface area contributed by atoms with Crippen molar-refractivity contribution in [2.24, 2.45) is 0 Å². The summed E-state index contributed by atoms with van der Waals surface area (Å²) in [5.74, 6) is 2.02. The van der Waals surface area contributed by atoms with Crippen LogP contribution in [0, 0.1) is 6.92 Å². The third-order valence-corrected chi connectivity index (χ3v) is 7.93. The molecular formula is C29H43N7O5. The van der Waals surface area contributed by atoms with E-state index in [0.717, 1.165) is 38.5 Å². The van der Waals surface area contributed by atoms with Gasteiger partial charge in [-0.25, -0.2) is 4.79 Å². The van der Waals surface area contributed by atoms with Crippen molar-refractivity contribution in [3.63, 3.8) is 0 Å². The van der Waals surface area contributed by atoms with Gasteiger partial charge in [0.15, 0.2) is 5.82 Å².